The molecule has 25 heavy (non-hydrogen) atoms. The first-order chi connectivity index (χ1) is 11.8. The Morgan fingerprint density at radius 3 is 2.52 bits per heavy atom. The summed E-state index contributed by atoms with van der Waals surface area (Å²) in [6.07, 6.45) is 0.172. The normalized spacial score (nSPS) is 23.0. The van der Waals surface area contributed by atoms with Gasteiger partial charge in [0.25, 0.3) is 0 Å². The molecule has 134 valence electrons. The van der Waals surface area contributed by atoms with Crippen molar-refractivity contribution in [1.29, 1.82) is 0 Å². The number of rotatable bonds is 7. The van der Waals surface area contributed by atoms with Crippen LogP contribution in [0.2, 0.25) is 5.82 Å². The molecule has 2 unspecified atom stereocenters. The van der Waals surface area contributed by atoms with Crippen molar-refractivity contribution in [3.8, 4) is 11.5 Å². The van der Waals surface area contributed by atoms with Crippen molar-refractivity contribution >= 4 is 19.0 Å². The average Bonchev–Trinajstić information content (AvgIpc) is 3.24. The standard InChI is InChI=1S/C15H19BN2O7/c17-12(19)6-18-4-7(5-18)25-11-2-1-8(9-3-10(9)16(23)24)14(20)13(11)15(21)22/h1-2,7,9-10,20,23-24H,3-6H2,(H2,17,19)(H,21,22). The minimum absolute atomic E-state index is 0.0409. The second kappa shape index (κ2) is 6.55. The summed E-state index contributed by atoms with van der Waals surface area (Å²) in [5, 5.41) is 38.1. The number of primary amides is 1. The Kier molecular flexibility index (Phi) is 4.59. The first-order valence-corrected chi connectivity index (χ1v) is 7.90. The van der Waals surface area contributed by atoms with Crippen molar-refractivity contribution < 1.29 is 34.6 Å². The van der Waals surface area contributed by atoms with Gasteiger partial charge in [-0.05, 0) is 24.0 Å². The molecule has 0 spiro atoms. The van der Waals surface area contributed by atoms with E-state index in [2.05, 4.69) is 0 Å². The van der Waals surface area contributed by atoms with E-state index in [1.807, 2.05) is 0 Å². The zero-order valence-corrected chi connectivity index (χ0v) is 13.3. The monoisotopic (exact) mass is 350 g/mol. The Labute approximate surface area is 143 Å². The molecule has 1 saturated heterocycles. The van der Waals surface area contributed by atoms with E-state index in [0.717, 1.165) is 0 Å². The van der Waals surface area contributed by atoms with E-state index in [4.69, 9.17) is 10.5 Å². The molecule has 1 aromatic rings. The Morgan fingerprint density at radius 1 is 1.32 bits per heavy atom. The maximum absolute atomic E-state index is 11.5. The van der Waals surface area contributed by atoms with Crippen molar-refractivity contribution in [3.05, 3.63) is 23.3 Å². The van der Waals surface area contributed by atoms with Gasteiger partial charge in [0.1, 0.15) is 23.2 Å². The number of aromatic carboxylic acids is 1. The maximum Gasteiger partial charge on any atom is 0.455 e. The molecule has 0 bridgehead atoms. The van der Waals surface area contributed by atoms with Crippen LogP contribution in [0.1, 0.15) is 28.3 Å². The van der Waals surface area contributed by atoms with Crippen LogP contribution in [0.3, 0.4) is 0 Å². The van der Waals surface area contributed by atoms with Crippen molar-refractivity contribution in [2.24, 2.45) is 5.73 Å². The Morgan fingerprint density at radius 2 is 2.00 bits per heavy atom. The quantitative estimate of drug-likeness (QED) is 0.391. The van der Waals surface area contributed by atoms with E-state index in [9.17, 15) is 29.9 Å². The summed E-state index contributed by atoms with van der Waals surface area (Å²) in [7, 11) is -1.50. The summed E-state index contributed by atoms with van der Waals surface area (Å²) in [5.74, 6) is -2.85. The van der Waals surface area contributed by atoms with Crippen LogP contribution >= 0.6 is 0 Å². The van der Waals surface area contributed by atoms with Crippen LogP contribution in [-0.2, 0) is 4.79 Å². The number of likely N-dealkylation sites (tertiary alicyclic amines) is 1. The molecule has 10 heteroatoms. The molecule has 2 aliphatic rings. The van der Waals surface area contributed by atoms with Gasteiger partial charge in [0.05, 0.1) is 6.54 Å². The van der Waals surface area contributed by atoms with E-state index in [0.29, 0.717) is 25.1 Å². The van der Waals surface area contributed by atoms with Gasteiger partial charge < -0.3 is 30.7 Å². The number of hydrogen-bond donors (Lipinski definition) is 5. The van der Waals surface area contributed by atoms with Crippen LogP contribution in [0.15, 0.2) is 12.1 Å². The summed E-state index contributed by atoms with van der Waals surface area (Å²) in [6.45, 7) is 0.986. The number of phenols is 1. The van der Waals surface area contributed by atoms with E-state index in [-0.39, 0.29) is 29.9 Å². The molecule has 1 heterocycles. The highest BCUT2D eigenvalue weighted by molar-refractivity contribution is 6.44. The molecule has 0 aromatic heterocycles. The molecular formula is C15H19BN2O7. The molecule has 9 nitrogen and oxygen atoms in total. The lowest BCUT2D eigenvalue weighted by Crippen LogP contribution is -2.56. The van der Waals surface area contributed by atoms with Gasteiger partial charge in [-0.1, -0.05) is 6.07 Å². The van der Waals surface area contributed by atoms with Gasteiger partial charge in [-0.2, -0.15) is 0 Å². The molecule has 1 aliphatic carbocycles. The van der Waals surface area contributed by atoms with E-state index >= 15 is 0 Å². The molecule has 1 aromatic carbocycles. The third-order valence-corrected chi connectivity index (χ3v) is 4.60. The number of amides is 1. The average molecular weight is 350 g/mol. The van der Waals surface area contributed by atoms with E-state index in [1.54, 1.807) is 11.0 Å². The Bertz CT molecular complexity index is 705. The topological polar surface area (TPSA) is 154 Å². The third kappa shape index (κ3) is 3.55. The number of carbonyl (C=O) groups excluding carboxylic acids is 1. The van der Waals surface area contributed by atoms with Crippen LogP contribution in [-0.4, -0.2) is 69.9 Å². The summed E-state index contributed by atoms with van der Waals surface area (Å²) < 4.78 is 5.63. The van der Waals surface area contributed by atoms with Gasteiger partial charge in [0.15, 0.2) is 0 Å². The molecule has 0 radical (unpaired) electrons. The van der Waals surface area contributed by atoms with Gasteiger partial charge in [0, 0.05) is 18.9 Å². The summed E-state index contributed by atoms with van der Waals surface area (Å²) in [4.78, 5) is 24.1. The van der Waals surface area contributed by atoms with Crippen molar-refractivity contribution in [2.75, 3.05) is 19.6 Å². The Hall–Kier alpha value is -2.30. The predicted molar refractivity (Wildman–Crippen MR) is 86.4 cm³/mol. The van der Waals surface area contributed by atoms with Gasteiger partial charge in [-0.3, -0.25) is 9.69 Å². The van der Waals surface area contributed by atoms with Crippen molar-refractivity contribution in [1.82, 2.24) is 4.90 Å². The second-order valence-corrected chi connectivity index (χ2v) is 6.50. The number of nitrogens with two attached hydrogens (primary N) is 1. The van der Waals surface area contributed by atoms with Crippen LogP contribution in [0.25, 0.3) is 0 Å². The van der Waals surface area contributed by atoms with Crippen LogP contribution in [0.5, 0.6) is 11.5 Å². The lowest BCUT2D eigenvalue weighted by atomic mass is 9.81. The highest BCUT2D eigenvalue weighted by atomic mass is 16.5. The molecule has 6 N–H and O–H groups in total. The number of benzene rings is 1. The highest BCUT2D eigenvalue weighted by Gasteiger charge is 2.48. The molecule has 3 rings (SSSR count). The Balaban J connectivity index is 1.74. The maximum atomic E-state index is 11.5. The summed E-state index contributed by atoms with van der Waals surface area (Å²) in [5.41, 5.74) is 5.12. The predicted octanol–water partition coefficient (Wildman–Crippen LogP) is -1.03. The largest absolute Gasteiger partial charge is 0.507 e. The lowest BCUT2D eigenvalue weighted by Gasteiger charge is -2.38. The van der Waals surface area contributed by atoms with E-state index < -0.39 is 30.6 Å². The second-order valence-electron chi connectivity index (χ2n) is 6.50. The smallest absolute Gasteiger partial charge is 0.455 e. The number of carboxylic acid groups (broad SMARTS) is 1. The van der Waals surface area contributed by atoms with Crippen LogP contribution in [0.4, 0.5) is 0 Å². The fourth-order valence-electron chi connectivity index (χ4n) is 3.22. The third-order valence-electron chi connectivity index (χ3n) is 4.60. The van der Waals surface area contributed by atoms with Gasteiger partial charge >= 0.3 is 13.1 Å². The summed E-state index contributed by atoms with van der Waals surface area (Å²) in [6, 6.07) is 3.01. The molecule has 1 saturated carbocycles. The summed E-state index contributed by atoms with van der Waals surface area (Å²) >= 11 is 0. The first-order valence-electron chi connectivity index (χ1n) is 7.90. The minimum Gasteiger partial charge on any atom is -0.507 e. The SMILES string of the molecule is NC(=O)CN1CC(Oc2ccc(C3CC3B(O)O)c(O)c2C(=O)O)C1. The number of ether oxygens (including phenoxy) is 1. The van der Waals surface area contributed by atoms with Crippen molar-refractivity contribution in [2.45, 2.75) is 24.3 Å². The van der Waals surface area contributed by atoms with Crippen LogP contribution in [0, 0.1) is 0 Å². The first kappa shape index (κ1) is 17.5. The molecule has 2 atom stereocenters. The zero-order valence-electron chi connectivity index (χ0n) is 13.3. The molecule has 2 fully saturated rings. The fourth-order valence-corrected chi connectivity index (χ4v) is 3.22. The molecule has 1 amide bonds. The lowest BCUT2D eigenvalue weighted by molar-refractivity contribution is -0.121. The van der Waals surface area contributed by atoms with Gasteiger partial charge in [-0.25, -0.2) is 4.79 Å². The number of carboxylic acids is 1. The molecular weight excluding hydrogens is 331 g/mol. The number of hydrogen-bond acceptors (Lipinski definition) is 7. The number of nitrogens with zero attached hydrogens (tertiary/aromatic N) is 1. The van der Waals surface area contributed by atoms with Gasteiger partial charge in [0.2, 0.25) is 5.91 Å². The molecule has 1 aliphatic heterocycles. The number of carbonyl (C=O) groups is 2. The minimum atomic E-state index is -1.50. The fraction of sp³-hybridized carbons (Fsp3) is 0.467. The van der Waals surface area contributed by atoms with Crippen LogP contribution < -0.4 is 10.5 Å². The zero-order chi connectivity index (χ0) is 18.3. The van der Waals surface area contributed by atoms with Gasteiger partial charge in [-0.15, -0.1) is 0 Å². The van der Waals surface area contributed by atoms with Crippen molar-refractivity contribution in [3.63, 3.8) is 0 Å². The highest BCUT2D eigenvalue weighted by Crippen LogP contribution is 2.56. The van der Waals surface area contributed by atoms with E-state index in [1.165, 1.54) is 6.07 Å². The number of aromatic hydroxyl groups is 1.